The average Bonchev–Trinajstić information content (AvgIpc) is 3.24. The molecule has 4 rings (SSSR count). The number of aromatic nitrogens is 2. The molecule has 0 saturated carbocycles. The van der Waals surface area contributed by atoms with Crippen molar-refractivity contribution in [2.45, 2.75) is 39.3 Å². The maximum Gasteiger partial charge on any atom is 0.251 e. The second-order valence-electron chi connectivity index (χ2n) is 7.83. The van der Waals surface area contributed by atoms with Crippen molar-refractivity contribution >= 4 is 11.6 Å². The quantitative estimate of drug-likeness (QED) is 0.657. The largest absolute Gasteiger partial charge is 0.385 e. The Morgan fingerprint density at radius 1 is 1.16 bits per heavy atom. The SMILES string of the molecule is Cc1ccc(-c2cc(C(=O)NC(C)C)cc(C3=NOC(c4ccccn4)C3)n2)c(F)c1. The van der Waals surface area contributed by atoms with Crippen molar-refractivity contribution in [1.29, 1.82) is 0 Å². The van der Waals surface area contributed by atoms with Gasteiger partial charge in [-0.25, -0.2) is 9.37 Å². The van der Waals surface area contributed by atoms with E-state index in [4.69, 9.17) is 4.84 Å². The number of rotatable bonds is 5. The van der Waals surface area contributed by atoms with Crippen LogP contribution in [0.1, 0.15) is 53.7 Å². The molecule has 0 aliphatic carbocycles. The molecule has 1 aliphatic heterocycles. The lowest BCUT2D eigenvalue weighted by atomic mass is 10.0. The summed E-state index contributed by atoms with van der Waals surface area (Å²) in [5, 5.41) is 7.06. The van der Waals surface area contributed by atoms with Gasteiger partial charge >= 0.3 is 0 Å². The summed E-state index contributed by atoms with van der Waals surface area (Å²) in [5.74, 6) is -0.649. The number of nitrogens with one attached hydrogen (secondary N) is 1. The molecule has 158 valence electrons. The Labute approximate surface area is 180 Å². The van der Waals surface area contributed by atoms with Crippen LogP contribution in [0.15, 0.2) is 59.9 Å². The van der Waals surface area contributed by atoms with Crippen molar-refractivity contribution in [2.75, 3.05) is 0 Å². The highest BCUT2D eigenvalue weighted by Crippen LogP contribution is 2.30. The lowest BCUT2D eigenvalue weighted by Gasteiger charge is -2.12. The van der Waals surface area contributed by atoms with Gasteiger partial charge in [0.2, 0.25) is 0 Å². The van der Waals surface area contributed by atoms with Crippen LogP contribution in [0.5, 0.6) is 0 Å². The number of pyridine rings is 2. The molecule has 6 nitrogen and oxygen atoms in total. The normalized spacial score (nSPS) is 15.5. The van der Waals surface area contributed by atoms with Crippen molar-refractivity contribution in [2.24, 2.45) is 5.16 Å². The predicted molar refractivity (Wildman–Crippen MR) is 116 cm³/mol. The average molecular weight is 418 g/mol. The Morgan fingerprint density at radius 2 is 1.97 bits per heavy atom. The van der Waals surface area contributed by atoms with Gasteiger partial charge in [0.05, 0.1) is 17.1 Å². The molecule has 0 radical (unpaired) electrons. The maximum atomic E-state index is 14.7. The molecular formula is C24H23FN4O2. The molecule has 2 aromatic heterocycles. The number of nitrogens with zero attached hydrogens (tertiary/aromatic N) is 3. The second kappa shape index (κ2) is 8.63. The number of halogens is 1. The van der Waals surface area contributed by atoms with Gasteiger partial charge in [-0.3, -0.25) is 9.78 Å². The van der Waals surface area contributed by atoms with Crippen LogP contribution in [0.25, 0.3) is 11.3 Å². The molecule has 1 N–H and O–H groups in total. The highest BCUT2D eigenvalue weighted by atomic mass is 19.1. The summed E-state index contributed by atoms with van der Waals surface area (Å²) in [6.45, 7) is 5.58. The Kier molecular flexibility index (Phi) is 5.75. The lowest BCUT2D eigenvalue weighted by molar-refractivity contribution is 0.0826. The van der Waals surface area contributed by atoms with E-state index in [9.17, 15) is 9.18 Å². The molecule has 1 amide bonds. The van der Waals surface area contributed by atoms with E-state index in [-0.39, 0.29) is 18.1 Å². The summed E-state index contributed by atoms with van der Waals surface area (Å²) in [7, 11) is 0. The number of oxime groups is 1. The second-order valence-corrected chi connectivity index (χ2v) is 7.83. The molecule has 1 atom stereocenters. The fraction of sp³-hybridized carbons (Fsp3) is 0.250. The zero-order valence-electron chi connectivity index (χ0n) is 17.6. The maximum absolute atomic E-state index is 14.7. The molecule has 1 aromatic carbocycles. The van der Waals surface area contributed by atoms with Crippen molar-refractivity contribution < 1.29 is 14.0 Å². The molecule has 7 heteroatoms. The monoisotopic (exact) mass is 418 g/mol. The zero-order valence-corrected chi connectivity index (χ0v) is 17.6. The fourth-order valence-corrected chi connectivity index (χ4v) is 3.37. The number of aryl methyl sites for hydroxylation is 1. The molecule has 1 unspecified atom stereocenters. The van der Waals surface area contributed by atoms with Gasteiger partial charge in [0.1, 0.15) is 11.5 Å². The van der Waals surface area contributed by atoms with Gasteiger partial charge in [-0.05, 0) is 62.7 Å². The first-order valence-corrected chi connectivity index (χ1v) is 10.1. The number of hydrogen-bond donors (Lipinski definition) is 1. The van der Waals surface area contributed by atoms with Gasteiger partial charge in [-0.1, -0.05) is 17.3 Å². The van der Waals surface area contributed by atoms with Gasteiger partial charge in [-0.15, -0.1) is 0 Å². The van der Waals surface area contributed by atoms with Gasteiger partial charge in [-0.2, -0.15) is 0 Å². The van der Waals surface area contributed by atoms with Crippen molar-refractivity contribution in [3.8, 4) is 11.3 Å². The topological polar surface area (TPSA) is 76.5 Å². The summed E-state index contributed by atoms with van der Waals surface area (Å²) in [5.41, 5.74) is 3.72. The van der Waals surface area contributed by atoms with Gasteiger partial charge in [0.15, 0.2) is 6.10 Å². The molecule has 3 heterocycles. The van der Waals surface area contributed by atoms with Gasteiger partial charge in [0, 0.05) is 29.8 Å². The summed E-state index contributed by atoms with van der Waals surface area (Å²) in [6.07, 6.45) is 1.82. The van der Waals surface area contributed by atoms with Crippen molar-refractivity contribution in [3.05, 3.63) is 83.1 Å². The molecular weight excluding hydrogens is 395 g/mol. The van der Waals surface area contributed by atoms with E-state index in [1.54, 1.807) is 24.4 Å². The van der Waals surface area contributed by atoms with Crippen molar-refractivity contribution in [3.63, 3.8) is 0 Å². The number of hydrogen-bond acceptors (Lipinski definition) is 5. The first-order valence-electron chi connectivity index (χ1n) is 10.1. The van der Waals surface area contributed by atoms with Crippen LogP contribution in [0.4, 0.5) is 4.39 Å². The van der Waals surface area contributed by atoms with Crippen LogP contribution < -0.4 is 5.32 Å². The molecule has 0 spiro atoms. The summed E-state index contributed by atoms with van der Waals surface area (Å²) >= 11 is 0. The third-order valence-electron chi connectivity index (χ3n) is 4.89. The van der Waals surface area contributed by atoms with Crippen LogP contribution in [-0.2, 0) is 4.84 Å². The number of carbonyl (C=O) groups is 1. The highest BCUT2D eigenvalue weighted by Gasteiger charge is 2.27. The van der Waals surface area contributed by atoms with Crippen LogP contribution in [0, 0.1) is 12.7 Å². The van der Waals surface area contributed by atoms with Gasteiger partial charge < -0.3 is 10.2 Å². The van der Waals surface area contributed by atoms with Crippen molar-refractivity contribution in [1.82, 2.24) is 15.3 Å². The van der Waals surface area contributed by atoms with E-state index in [0.717, 1.165) is 11.3 Å². The standard InChI is InChI=1S/C24H23FN4O2/c1-14(2)27-24(30)16-11-20(17-8-7-15(3)10-18(17)25)28-21(12-16)22-13-23(31-29-22)19-6-4-5-9-26-19/h4-12,14,23H,13H2,1-3H3,(H,27,30). The van der Waals surface area contributed by atoms with Crippen LogP contribution in [0.3, 0.4) is 0 Å². The summed E-state index contributed by atoms with van der Waals surface area (Å²) in [4.78, 5) is 27.2. The van der Waals surface area contributed by atoms with E-state index in [1.807, 2.05) is 45.0 Å². The third kappa shape index (κ3) is 4.60. The van der Waals surface area contributed by atoms with E-state index in [0.29, 0.717) is 34.6 Å². The van der Waals surface area contributed by atoms with Gasteiger partial charge in [0.25, 0.3) is 5.91 Å². The smallest absolute Gasteiger partial charge is 0.251 e. The molecule has 0 fully saturated rings. The first kappa shape index (κ1) is 20.7. The Hall–Kier alpha value is -3.61. The number of benzene rings is 1. The van der Waals surface area contributed by atoms with Crippen LogP contribution in [-0.4, -0.2) is 27.6 Å². The zero-order chi connectivity index (χ0) is 22.0. The molecule has 31 heavy (non-hydrogen) atoms. The predicted octanol–water partition coefficient (Wildman–Crippen LogP) is 4.60. The summed E-state index contributed by atoms with van der Waals surface area (Å²) in [6, 6.07) is 13.7. The molecule has 0 saturated heterocycles. The van der Waals surface area contributed by atoms with Crippen LogP contribution >= 0.6 is 0 Å². The lowest BCUT2D eigenvalue weighted by Crippen LogP contribution is -2.30. The highest BCUT2D eigenvalue weighted by molar-refractivity contribution is 6.03. The molecule has 1 aliphatic rings. The van der Waals surface area contributed by atoms with E-state index in [1.165, 1.54) is 6.07 Å². The number of carbonyl (C=O) groups excluding carboxylic acids is 1. The molecule has 0 bridgehead atoms. The Bertz CT molecular complexity index is 1150. The van der Waals surface area contributed by atoms with E-state index < -0.39 is 5.82 Å². The number of amides is 1. The van der Waals surface area contributed by atoms with E-state index in [2.05, 4.69) is 20.4 Å². The van der Waals surface area contributed by atoms with Crippen LogP contribution in [0.2, 0.25) is 0 Å². The summed E-state index contributed by atoms with van der Waals surface area (Å²) < 4.78 is 14.7. The fourth-order valence-electron chi connectivity index (χ4n) is 3.37. The minimum Gasteiger partial charge on any atom is -0.385 e. The Morgan fingerprint density at radius 3 is 2.68 bits per heavy atom. The third-order valence-corrected chi connectivity index (χ3v) is 4.89. The first-order chi connectivity index (χ1) is 14.9. The minimum absolute atomic E-state index is 0.0376. The van der Waals surface area contributed by atoms with E-state index >= 15 is 0 Å². The minimum atomic E-state index is -0.393. The molecule has 3 aromatic rings. The Balaban J connectivity index is 1.72.